The maximum Gasteiger partial charge on any atom is 0.416 e. The summed E-state index contributed by atoms with van der Waals surface area (Å²) in [6.45, 7) is 1.66. The summed E-state index contributed by atoms with van der Waals surface area (Å²) in [7, 11) is 1.53. The standard InChI is InChI=1S/C18H18F3N3O4/c1-11(17(25)22-10-12-3-6-14(28-2)7-4-12)23-15-8-5-13(18(19,20)21)9-16(15)24(26)27/h3-9,11,23H,10H2,1-2H3,(H,22,25)/t11-/m0/s1. The van der Waals surface area contributed by atoms with Gasteiger partial charge in [0.2, 0.25) is 5.91 Å². The maximum atomic E-state index is 12.7. The third-order valence-corrected chi connectivity index (χ3v) is 3.91. The zero-order valence-electron chi connectivity index (χ0n) is 15.0. The van der Waals surface area contributed by atoms with Crippen molar-refractivity contribution < 1.29 is 27.6 Å². The van der Waals surface area contributed by atoms with Crippen molar-refractivity contribution in [2.45, 2.75) is 25.7 Å². The van der Waals surface area contributed by atoms with Crippen LogP contribution in [0.5, 0.6) is 5.75 Å². The number of hydrogen-bond donors (Lipinski definition) is 2. The lowest BCUT2D eigenvalue weighted by Gasteiger charge is -2.16. The van der Waals surface area contributed by atoms with E-state index in [-0.39, 0.29) is 12.2 Å². The van der Waals surface area contributed by atoms with Crippen LogP contribution in [0.1, 0.15) is 18.1 Å². The lowest BCUT2D eigenvalue weighted by molar-refractivity contribution is -0.384. The molecule has 0 unspecified atom stereocenters. The van der Waals surface area contributed by atoms with E-state index in [0.29, 0.717) is 11.8 Å². The van der Waals surface area contributed by atoms with Gasteiger partial charge in [-0.3, -0.25) is 14.9 Å². The number of hydrogen-bond acceptors (Lipinski definition) is 5. The summed E-state index contributed by atoms with van der Waals surface area (Å²) in [6, 6.07) is 8.17. The third kappa shape index (κ3) is 5.35. The highest BCUT2D eigenvalue weighted by Crippen LogP contribution is 2.35. The van der Waals surface area contributed by atoms with Crippen LogP contribution in [0.25, 0.3) is 0 Å². The van der Waals surface area contributed by atoms with Crippen LogP contribution >= 0.6 is 0 Å². The predicted octanol–water partition coefficient (Wildman–Crippen LogP) is 3.74. The number of nitrogens with one attached hydrogen (secondary N) is 2. The normalized spacial score (nSPS) is 12.2. The zero-order chi connectivity index (χ0) is 20.9. The molecule has 150 valence electrons. The number of alkyl halides is 3. The zero-order valence-corrected chi connectivity index (χ0v) is 15.0. The second-order valence-electron chi connectivity index (χ2n) is 5.92. The molecular weight excluding hydrogens is 379 g/mol. The molecule has 0 saturated carbocycles. The average molecular weight is 397 g/mol. The van der Waals surface area contributed by atoms with Gasteiger partial charge in [-0.2, -0.15) is 13.2 Å². The van der Waals surface area contributed by atoms with Crippen LogP contribution in [0.15, 0.2) is 42.5 Å². The Balaban J connectivity index is 2.05. The molecule has 0 aliphatic rings. The van der Waals surface area contributed by atoms with E-state index in [4.69, 9.17) is 4.74 Å². The van der Waals surface area contributed by atoms with E-state index in [1.165, 1.54) is 14.0 Å². The van der Waals surface area contributed by atoms with Crippen molar-refractivity contribution in [3.05, 3.63) is 63.7 Å². The molecule has 0 spiro atoms. The van der Waals surface area contributed by atoms with Crippen LogP contribution in [0.2, 0.25) is 0 Å². The van der Waals surface area contributed by atoms with Crippen molar-refractivity contribution in [3.63, 3.8) is 0 Å². The first-order valence-corrected chi connectivity index (χ1v) is 8.14. The summed E-state index contributed by atoms with van der Waals surface area (Å²) in [5.74, 6) is 0.199. The van der Waals surface area contributed by atoms with Gasteiger partial charge in [-0.25, -0.2) is 0 Å². The quantitative estimate of drug-likeness (QED) is 0.548. The Morgan fingerprint density at radius 1 is 1.21 bits per heavy atom. The highest BCUT2D eigenvalue weighted by Gasteiger charge is 2.33. The number of carbonyl (C=O) groups excluding carboxylic acids is 1. The number of carbonyl (C=O) groups is 1. The Morgan fingerprint density at radius 3 is 2.39 bits per heavy atom. The molecule has 2 N–H and O–H groups in total. The number of ether oxygens (including phenoxy) is 1. The number of anilines is 1. The summed E-state index contributed by atoms with van der Waals surface area (Å²) in [4.78, 5) is 22.4. The number of nitro groups is 1. The van der Waals surface area contributed by atoms with Gasteiger partial charge in [-0.1, -0.05) is 12.1 Å². The Bertz CT molecular complexity index is 854. The van der Waals surface area contributed by atoms with Gasteiger partial charge in [0.25, 0.3) is 5.69 Å². The second-order valence-corrected chi connectivity index (χ2v) is 5.92. The first-order chi connectivity index (χ1) is 13.1. The van der Waals surface area contributed by atoms with Crippen LogP contribution in [-0.2, 0) is 17.5 Å². The first kappa shape index (κ1) is 21.0. The molecule has 1 amide bonds. The fourth-order valence-corrected chi connectivity index (χ4v) is 2.37. The van der Waals surface area contributed by atoms with E-state index in [0.717, 1.165) is 17.7 Å². The molecule has 0 fully saturated rings. The maximum absolute atomic E-state index is 12.7. The fourth-order valence-electron chi connectivity index (χ4n) is 2.37. The molecule has 0 aliphatic heterocycles. The van der Waals surface area contributed by atoms with Crippen molar-refractivity contribution in [3.8, 4) is 5.75 Å². The van der Waals surface area contributed by atoms with E-state index in [2.05, 4.69) is 10.6 Å². The molecule has 0 heterocycles. The largest absolute Gasteiger partial charge is 0.497 e. The van der Waals surface area contributed by atoms with Crippen LogP contribution in [0.4, 0.5) is 24.5 Å². The number of rotatable bonds is 7. The number of halogens is 3. The molecule has 0 aliphatic carbocycles. The number of nitro benzene ring substituents is 1. The minimum Gasteiger partial charge on any atom is -0.497 e. The van der Waals surface area contributed by atoms with Crippen molar-refractivity contribution in [2.24, 2.45) is 0 Å². The number of benzene rings is 2. The molecule has 2 rings (SSSR count). The van der Waals surface area contributed by atoms with Crippen LogP contribution in [-0.4, -0.2) is 24.0 Å². The summed E-state index contributed by atoms with van der Waals surface area (Å²) < 4.78 is 43.3. The molecule has 0 radical (unpaired) electrons. The van der Waals surface area contributed by atoms with Gasteiger partial charge in [0.15, 0.2) is 0 Å². The van der Waals surface area contributed by atoms with E-state index in [1.54, 1.807) is 24.3 Å². The smallest absolute Gasteiger partial charge is 0.416 e. The topological polar surface area (TPSA) is 93.5 Å². The van der Waals surface area contributed by atoms with Crippen LogP contribution < -0.4 is 15.4 Å². The average Bonchev–Trinajstić information content (AvgIpc) is 2.65. The molecule has 2 aromatic rings. The van der Waals surface area contributed by atoms with E-state index in [1.807, 2.05) is 0 Å². The molecule has 28 heavy (non-hydrogen) atoms. The third-order valence-electron chi connectivity index (χ3n) is 3.91. The minimum atomic E-state index is -4.70. The van der Waals surface area contributed by atoms with Gasteiger partial charge in [0.05, 0.1) is 17.6 Å². The van der Waals surface area contributed by atoms with Gasteiger partial charge >= 0.3 is 6.18 Å². The van der Waals surface area contributed by atoms with Crippen LogP contribution in [0.3, 0.4) is 0 Å². The Kier molecular flexibility index (Phi) is 6.45. The first-order valence-electron chi connectivity index (χ1n) is 8.14. The molecular formula is C18H18F3N3O4. The van der Waals surface area contributed by atoms with E-state index >= 15 is 0 Å². The number of amides is 1. The Hall–Kier alpha value is -3.30. The molecule has 1 atom stereocenters. The lowest BCUT2D eigenvalue weighted by Crippen LogP contribution is -2.37. The monoisotopic (exact) mass is 397 g/mol. The van der Waals surface area contributed by atoms with E-state index in [9.17, 15) is 28.1 Å². The van der Waals surface area contributed by atoms with Gasteiger partial charge in [-0.15, -0.1) is 0 Å². The summed E-state index contributed by atoms with van der Waals surface area (Å²) in [5, 5.41) is 16.3. The van der Waals surface area contributed by atoms with E-state index < -0.39 is 34.3 Å². The van der Waals surface area contributed by atoms with Gasteiger partial charge < -0.3 is 15.4 Å². The van der Waals surface area contributed by atoms with Gasteiger partial charge in [0.1, 0.15) is 17.5 Å². The Morgan fingerprint density at radius 2 is 1.86 bits per heavy atom. The molecule has 2 aromatic carbocycles. The molecule has 10 heteroatoms. The fraction of sp³-hybridized carbons (Fsp3) is 0.278. The lowest BCUT2D eigenvalue weighted by atomic mass is 10.1. The summed E-state index contributed by atoms with van der Waals surface area (Å²) >= 11 is 0. The van der Waals surface area contributed by atoms with Gasteiger partial charge in [0, 0.05) is 12.6 Å². The van der Waals surface area contributed by atoms with Crippen molar-refractivity contribution in [1.29, 1.82) is 0 Å². The highest BCUT2D eigenvalue weighted by molar-refractivity contribution is 5.85. The van der Waals surface area contributed by atoms with Crippen molar-refractivity contribution in [2.75, 3.05) is 12.4 Å². The molecule has 0 saturated heterocycles. The predicted molar refractivity (Wildman–Crippen MR) is 96.0 cm³/mol. The van der Waals surface area contributed by atoms with Crippen molar-refractivity contribution in [1.82, 2.24) is 5.32 Å². The molecule has 0 bridgehead atoms. The number of nitrogens with zero attached hydrogens (tertiary/aromatic N) is 1. The summed E-state index contributed by atoms with van der Waals surface area (Å²) in [6.07, 6.45) is -4.70. The number of methoxy groups -OCH3 is 1. The summed E-state index contributed by atoms with van der Waals surface area (Å²) in [5.41, 5.74) is -1.27. The van der Waals surface area contributed by atoms with Gasteiger partial charge in [-0.05, 0) is 36.8 Å². The highest BCUT2D eigenvalue weighted by atomic mass is 19.4. The molecule has 0 aromatic heterocycles. The Labute approximate surface area is 158 Å². The minimum absolute atomic E-state index is 0.176. The van der Waals surface area contributed by atoms with Crippen molar-refractivity contribution >= 4 is 17.3 Å². The van der Waals surface area contributed by atoms with Crippen LogP contribution in [0, 0.1) is 10.1 Å². The second kappa shape index (κ2) is 8.59. The SMILES string of the molecule is COc1ccc(CNC(=O)[C@H](C)Nc2ccc(C(F)(F)F)cc2[N+](=O)[O-])cc1. The molecule has 7 nitrogen and oxygen atoms in total.